The summed E-state index contributed by atoms with van der Waals surface area (Å²) >= 11 is 0. The molecule has 0 amide bonds. The molecule has 0 atom stereocenters. The molecule has 2 aromatic heterocycles. The number of rotatable bonds is 5. The zero-order valence-corrected chi connectivity index (χ0v) is 18.2. The molecule has 0 N–H and O–H groups in total. The highest BCUT2D eigenvalue weighted by Crippen LogP contribution is 2.40. The van der Waals surface area contributed by atoms with E-state index >= 15 is 0 Å². The quantitative estimate of drug-likeness (QED) is 0.110. The number of carbonyl (C=O) groups excluding carboxylic acids is 2. The lowest BCUT2D eigenvalue weighted by Crippen LogP contribution is -2.05. The van der Waals surface area contributed by atoms with Crippen LogP contribution in [0.1, 0.15) is 21.7 Å². The molecule has 5 rings (SSSR count). The van der Waals surface area contributed by atoms with E-state index in [0.717, 1.165) is 22.6 Å². The van der Waals surface area contributed by atoms with Gasteiger partial charge in [-0.2, -0.15) is 0 Å². The molecule has 0 radical (unpaired) electrons. The summed E-state index contributed by atoms with van der Waals surface area (Å²) < 4.78 is 16.8. The number of ether oxygens (including phenoxy) is 1. The van der Waals surface area contributed by atoms with Gasteiger partial charge in [0.2, 0.25) is 5.78 Å². The summed E-state index contributed by atoms with van der Waals surface area (Å²) in [6.45, 7) is 5.21. The lowest BCUT2D eigenvalue weighted by molar-refractivity contribution is -0.128. The first kappa shape index (κ1) is 21.2. The third kappa shape index (κ3) is 3.61. The maximum atomic E-state index is 13.6. The van der Waals surface area contributed by atoms with Crippen LogP contribution in [-0.2, 0) is 4.79 Å². The topological polar surface area (TPSA) is 86.7 Å². The maximum absolute atomic E-state index is 13.6. The molecule has 0 aliphatic rings. The van der Waals surface area contributed by atoms with Crippen LogP contribution in [0.25, 0.3) is 33.1 Å². The SMILES string of the molecule is C=CC(=O)Oc1cccc(C(=O)c2oc3ccc4c(C)cc(=O)oc4c3c2-c2ccccc2)c1. The summed E-state index contributed by atoms with van der Waals surface area (Å²) in [6, 6.07) is 20.5. The first-order chi connectivity index (χ1) is 16.5. The standard InChI is InChI=1S/C28H18O6/c1-3-22(29)32-19-11-7-10-18(15-19)26(31)28-24(17-8-5-4-6-9-17)25-21(33-28)13-12-20-16(2)14-23(30)34-27(20)25/h3-15H,1H2,2H3. The van der Waals surface area contributed by atoms with E-state index < -0.39 is 17.4 Å². The Kier molecular flexibility index (Phi) is 5.18. The van der Waals surface area contributed by atoms with Crippen molar-refractivity contribution in [3.63, 3.8) is 0 Å². The number of fused-ring (bicyclic) bond motifs is 3. The summed E-state index contributed by atoms with van der Waals surface area (Å²) in [6.07, 6.45) is 1.04. The number of ketones is 1. The van der Waals surface area contributed by atoms with E-state index in [4.69, 9.17) is 13.6 Å². The van der Waals surface area contributed by atoms with E-state index in [0.29, 0.717) is 22.1 Å². The van der Waals surface area contributed by atoms with Crippen molar-refractivity contribution in [2.75, 3.05) is 0 Å². The Balaban J connectivity index is 1.78. The van der Waals surface area contributed by atoms with Gasteiger partial charge in [0.15, 0.2) is 5.76 Å². The lowest BCUT2D eigenvalue weighted by Gasteiger charge is -2.06. The van der Waals surface area contributed by atoms with E-state index in [1.54, 1.807) is 30.3 Å². The molecule has 0 bridgehead atoms. The summed E-state index contributed by atoms with van der Waals surface area (Å²) in [7, 11) is 0. The Morgan fingerprint density at radius 1 is 0.941 bits per heavy atom. The second-order valence-corrected chi connectivity index (χ2v) is 7.72. The molecule has 3 aromatic carbocycles. The van der Waals surface area contributed by atoms with Gasteiger partial charge in [-0.1, -0.05) is 49.0 Å². The van der Waals surface area contributed by atoms with Gasteiger partial charge in [-0.3, -0.25) is 4.79 Å². The van der Waals surface area contributed by atoms with Gasteiger partial charge in [0.25, 0.3) is 0 Å². The molecule has 6 heteroatoms. The van der Waals surface area contributed by atoms with Gasteiger partial charge < -0.3 is 13.6 Å². The van der Waals surface area contributed by atoms with E-state index in [-0.39, 0.29) is 17.1 Å². The van der Waals surface area contributed by atoms with Crippen LogP contribution in [0.3, 0.4) is 0 Å². The highest BCUT2D eigenvalue weighted by molar-refractivity contribution is 6.20. The van der Waals surface area contributed by atoms with Crippen molar-refractivity contribution in [3.8, 4) is 16.9 Å². The molecule has 0 saturated carbocycles. The number of esters is 1. The number of aryl methyl sites for hydroxylation is 1. The largest absolute Gasteiger partial charge is 0.452 e. The fourth-order valence-electron chi connectivity index (χ4n) is 3.99. The summed E-state index contributed by atoms with van der Waals surface area (Å²) in [5.74, 6) is -0.741. The number of furan rings is 1. The number of hydrogen-bond acceptors (Lipinski definition) is 6. The molecular weight excluding hydrogens is 432 g/mol. The highest BCUT2D eigenvalue weighted by atomic mass is 16.5. The van der Waals surface area contributed by atoms with Crippen LogP contribution >= 0.6 is 0 Å². The molecule has 0 aliphatic carbocycles. The Labute approximate surface area is 193 Å². The van der Waals surface area contributed by atoms with Gasteiger partial charge >= 0.3 is 11.6 Å². The molecule has 2 heterocycles. The van der Waals surface area contributed by atoms with E-state index in [1.165, 1.54) is 12.1 Å². The van der Waals surface area contributed by atoms with Crippen LogP contribution in [0.15, 0.2) is 99.1 Å². The predicted octanol–water partition coefficient (Wildman–Crippen LogP) is 5.84. The molecular formula is C28H18O6. The highest BCUT2D eigenvalue weighted by Gasteiger charge is 2.26. The molecule has 166 valence electrons. The van der Waals surface area contributed by atoms with Crippen LogP contribution in [0.5, 0.6) is 5.75 Å². The normalized spacial score (nSPS) is 11.0. The smallest absolute Gasteiger partial charge is 0.336 e. The predicted molar refractivity (Wildman–Crippen MR) is 128 cm³/mol. The Bertz CT molecular complexity index is 1650. The first-order valence-electron chi connectivity index (χ1n) is 10.5. The molecule has 0 unspecified atom stereocenters. The molecule has 0 fully saturated rings. The maximum Gasteiger partial charge on any atom is 0.336 e. The average molecular weight is 450 g/mol. The molecule has 0 spiro atoms. The monoisotopic (exact) mass is 450 g/mol. The first-order valence-corrected chi connectivity index (χ1v) is 10.5. The van der Waals surface area contributed by atoms with E-state index in [9.17, 15) is 14.4 Å². The molecule has 34 heavy (non-hydrogen) atoms. The average Bonchev–Trinajstić information content (AvgIpc) is 3.24. The van der Waals surface area contributed by atoms with E-state index in [1.807, 2.05) is 37.3 Å². The second-order valence-electron chi connectivity index (χ2n) is 7.72. The second kappa shape index (κ2) is 8.33. The van der Waals surface area contributed by atoms with Gasteiger partial charge in [-0.05, 0) is 42.3 Å². The third-order valence-corrected chi connectivity index (χ3v) is 5.52. The van der Waals surface area contributed by atoms with Crippen molar-refractivity contribution in [1.82, 2.24) is 0 Å². The minimum Gasteiger partial charge on any atom is -0.452 e. The molecule has 0 saturated heterocycles. The van der Waals surface area contributed by atoms with Gasteiger partial charge in [-0.25, -0.2) is 9.59 Å². The van der Waals surface area contributed by atoms with Crippen molar-refractivity contribution < 1.29 is 23.2 Å². The van der Waals surface area contributed by atoms with Crippen LogP contribution < -0.4 is 10.4 Å². The lowest BCUT2D eigenvalue weighted by atomic mass is 9.96. The Morgan fingerprint density at radius 2 is 1.74 bits per heavy atom. The zero-order chi connectivity index (χ0) is 23.8. The number of benzene rings is 3. The van der Waals surface area contributed by atoms with Gasteiger partial charge in [0, 0.05) is 28.7 Å². The van der Waals surface area contributed by atoms with Gasteiger partial charge in [0.1, 0.15) is 16.9 Å². The summed E-state index contributed by atoms with van der Waals surface area (Å²) in [5.41, 5.74) is 2.58. The van der Waals surface area contributed by atoms with Crippen LogP contribution in [0.2, 0.25) is 0 Å². The Hall–Kier alpha value is -4.71. The fourth-order valence-corrected chi connectivity index (χ4v) is 3.99. The molecule has 0 aliphatic heterocycles. The van der Waals surface area contributed by atoms with Crippen LogP contribution in [-0.4, -0.2) is 11.8 Å². The van der Waals surface area contributed by atoms with Crippen molar-refractivity contribution >= 4 is 33.7 Å². The third-order valence-electron chi connectivity index (χ3n) is 5.52. The van der Waals surface area contributed by atoms with Crippen molar-refractivity contribution in [1.29, 1.82) is 0 Å². The minimum atomic E-state index is -0.629. The Morgan fingerprint density at radius 3 is 2.50 bits per heavy atom. The van der Waals surface area contributed by atoms with Crippen LogP contribution in [0.4, 0.5) is 0 Å². The number of hydrogen-bond donors (Lipinski definition) is 0. The van der Waals surface area contributed by atoms with Crippen molar-refractivity contribution in [2.45, 2.75) is 6.92 Å². The van der Waals surface area contributed by atoms with Crippen LogP contribution in [0, 0.1) is 6.92 Å². The molecule has 5 aromatic rings. The summed E-state index contributed by atoms with van der Waals surface area (Å²) in [4.78, 5) is 37.4. The summed E-state index contributed by atoms with van der Waals surface area (Å²) in [5, 5.41) is 1.30. The molecule has 6 nitrogen and oxygen atoms in total. The minimum absolute atomic E-state index is 0.0880. The van der Waals surface area contributed by atoms with Crippen molar-refractivity contribution in [3.05, 3.63) is 113 Å². The number of carbonyl (C=O) groups is 2. The van der Waals surface area contributed by atoms with E-state index in [2.05, 4.69) is 6.58 Å². The van der Waals surface area contributed by atoms with Gasteiger partial charge in [-0.15, -0.1) is 0 Å². The zero-order valence-electron chi connectivity index (χ0n) is 18.2. The van der Waals surface area contributed by atoms with Gasteiger partial charge in [0.05, 0.1) is 5.39 Å². The fraction of sp³-hybridized carbons (Fsp3) is 0.0357. The van der Waals surface area contributed by atoms with Crippen molar-refractivity contribution in [2.24, 2.45) is 0 Å².